The Morgan fingerprint density at radius 2 is 2.11 bits per heavy atom. The predicted octanol–water partition coefficient (Wildman–Crippen LogP) is 0.344. The molecule has 0 bridgehead atoms. The highest BCUT2D eigenvalue weighted by Gasteiger charge is 2.35. The van der Waals surface area contributed by atoms with E-state index in [9.17, 15) is 13.2 Å². The van der Waals surface area contributed by atoms with Crippen molar-refractivity contribution in [2.45, 2.75) is 6.18 Å². The Hall–Kier alpha value is -0.870. The Morgan fingerprint density at radius 3 is 2.33 bits per heavy atom. The lowest BCUT2D eigenvalue weighted by Crippen LogP contribution is -2.23. The molecule has 0 aromatic heterocycles. The number of alkyl halides is 3. The maximum absolute atomic E-state index is 11.6. The van der Waals surface area contributed by atoms with Crippen LogP contribution in [0.15, 0.2) is 5.70 Å². The second kappa shape index (κ2) is 1.82. The normalized spacial score (nSPS) is 18.3. The molecule has 1 aliphatic rings. The Balaban J connectivity index is 2.61. The van der Waals surface area contributed by atoms with Crippen LogP contribution in [0.25, 0.3) is 0 Å². The Morgan fingerprint density at radius 1 is 1.44 bits per heavy atom. The lowest BCUT2D eigenvalue weighted by molar-refractivity contribution is -0.0959. The zero-order valence-electron chi connectivity index (χ0n) is 4.34. The van der Waals surface area contributed by atoms with Crippen molar-refractivity contribution >= 4 is 0 Å². The molecule has 0 saturated heterocycles. The molecule has 0 aromatic carbocycles. The van der Waals surface area contributed by atoms with Crippen molar-refractivity contribution in [3.8, 4) is 0 Å². The van der Waals surface area contributed by atoms with Gasteiger partial charge in [-0.25, -0.2) is 0 Å². The van der Waals surface area contributed by atoms with Crippen LogP contribution < -0.4 is 10.6 Å². The van der Waals surface area contributed by atoms with Crippen LogP contribution in [0.1, 0.15) is 0 Å². The van der Waals surface area contributed by atoms with Crippen LogP contribution in [0.4, 0.5) is 13.2 Å². The average Bonchev–Trinajstić information content (AvgIpc) is 2.08. The van der Waals surface area contributed by atoms with E-state index in [1.54, 1.807) is 0 Å². The molecule has 0 saturated carbocycles. The van der Waals surface area contributed by atoms with Gasteiger partial charge in [-0.1, -0.05) is 0 Å². The lowest BCUT2D eigenvalue weighted by atomic mass is 10.5. The molecule has 1 heterocycles. The SMILES string of the molecule is FC(F)(F)C1=[C]NCN1. The molecule has 0 aliphatic carbocycles. The molecule has 0 amide bonds. The smallest absolute Gasteiger partial charge is 0.365 e. The zero-order valence-corrected chi connectivity index (χ0v) is 4.34. The molecule has 0 spiro atoms. The van der Waals surface area contributed by atoms with E-state index in [2.05, 4.69) is 10.6 Å². The zero-order chi connectivity index (χ0) is 6.91. The van der Waals surface area contributed by atoms with E-state index in [0.29, 0.717) is 0 Å². The third-order valence-corrected chi connectivity index (χ3v) is 0.850. The molecule has 9 heavy (non-hydrogen) atoms. The van der Waals surface area contributed by atoms with Crippen LogP contribution in [0.5, 0.6) is 0 Å². The molecule has 1 radical (unpaired) electrons. The molecule has 0 aromatic rings. The van der Waals surface area contributed by atoms with Crippen LogP contribution in [0.3, 0.4) is 0 Å². The van der Waals surface area contributed by atoms with E-state index in [4.69, 9.17) is 0 Å². The minimum absolute atomic E-state index is 0.106. The monoisotopic (exact) mass is 137 g/mol. The first-order chi connectivity index (χ1) is 4.11. The third kappa shape index (κ3) is 1.28. The maximum Gasteiger partial charge on any atom is 0.433 e. The van der Waals surface area contributed by atoms with Crippen LogP contribution in [-0.4, -0.2) is 12.8 Å². The van der Waals surface area contributed by atoms with Gasteiger partial charge in [-0.2, -0.15) is 13.2 Å². The summed E-state index contributed by atoms with van der Waals surface area (Å²) >= 11 is 0. The van der Waals surface area contributed by atoms with Gasteiger partial charge in [0.05, 0.1) is 12.9 Å². The summed E-state index contributed by atoms with van der Waals surface area (Å²) in [5.41, 5.74) is -0.831. The maximum atomic E-state index is 11.6. The van der Waals surface area contributed by atoms with Crippen LogP contribution >= 0.6 is 0 Å². The predicted molar refractivity (Wildman–Crippen MR) is 23.9 cm³/mol. The fourth-order valence-electron chi connectivity index (χ4n) is 0.480. The highest BCUT2D eigenvalue weighted by atomic mass is 19.4. The standard InChI is InChI=1S/C4H4F3N2/c5-4(6,7)3-1-8-2-9-3/h8-9H,2H2. The van der Waals surface area contributed by atoms with E-state index in [-0.39, 0.29) is 6.67 Å². The molecular weight excluding hydrogens is 133 g/mol. The third-order valence-electron chi connectivity index (χ3n) is 0.850. The number of rotatable bonds is 0. The van der Waals surface area contributed by atoms with Gasteiger partial charge in [0.25, 0.3) is 0 Å². The number of hydrogen-bond acceptors (Lipinski definition) is 2. The highest BCUT2D eigenvalue weighted by Crippen LogP contribution is 2.23. The molecule has 0 fully saturated rings. The summed E-state index contributed by atoms with van der Waals surface area (Å²) in [4.78, 5) is 0. The fraction of sp³-hybridized carbons (Fsp3) is 0.500. The van der Waals surface area contributed by atoms with Crippen LogP contribution in [0.2, 0.25) is 0 Å². The van der Waals surface area contributed by atoms with Crippen molar-refractivity contribution in [3.63, 3.8) is 0 Å². The minimum Gasteiger partial charge on any atom is -0.365 e. The Labute approximate surface area is 49.7 Å². The van der Waals surface area contributed by atoms with Gasteiger partial charge in [0.15, 0.2) is 0 Å². The van der Waals surface area contributed by atoms with Gasteiger partial charge in [-0.15, -0.1) is 0 Å². The Bertz CT molecular complexity index is 137. The highest BCUT2D eigenvalue weighted by molar-refractivity contribution is 5.04. The van der Waals surface area contributed by atoms with Gasteiger partial charge < -0.3 is 10.6 Å². The first-order valence-electron chi connectivity index (χ1n) is 2.27. The second-order valence-corrected chi connectivity index (χ2v) is 1.53. The molecule has 1 aliphatic heterocycles. The largest absolute Gasteiger partial charge is 0.433 e. The van der Waals surface area contributed by atoms with E-state index < -0.39 is 11.9 Å². The Kier molecular flexibility index (Phi) is 1.27. The van der Waals surface area contributed by atoms with Gasteiger partial charge in [-0.05, 0) is 0 Å². The van der Waals surface area contributed by atoms with Crippen LogP contribution in [-0.2, 0) is 0 Å². The van der Waals surface area contributed by atoms with Crippen molar-refractivity contribution in [2.75, 3.05) is 6.67 Å². The molecule has 51 valence electrons. The minimum atomic E-state index is -4.29. The van der Waals surface area contributed by atoms with Crippen molar-refractivity contribution < 1.29 is 13.2 Å². The summed E-state index contributed by atoms with van der Waals surface area (Å²) in [6, 6.07) is 0. The van der Waals surface area contributed by atoms with Crippen molar-refractivity contribution in [1.82, 2.24) is 10.6 Å². The molecule has 2 N–H and O–H groups in total. The first kappa shape index (κ1) is 6.25. The summed E-state index contributed by atoms with van der Waals surface area (Å²) in [7, 11) is 0. The summed E-state index contributed by atoms with van der Waals surface area (Å²) in [6.45, 7) is 0.106. The van der Waals surface area contributed by atoms with Gasteiger partial charge in [0.1, 0.15) is 5.70 Å². The van der Waals surface area contributed by atoms with Crippen molar-refractivity contribution in [3.05, 3.63) is 11.9 Å². The topological polar surface area (TPSA) is 24.1 Å². The van der Waals surface area contributed by atoms with Crippen molar-refractivity contribution in [2.24, 2.45) is 0 Å². The summed E-state index contributed by atoms with van der Waals surface area (Å²) in [6.07, 6.45) is -2.36. The van der Waals surface area contributed by atoms with Gasteiger partial charge >= 0.3 is 6.18 Å². The average molecular weight is 137 g/mol. The summed E-state index contributed by atoms with van der Waals surface area (Å²) in [5, 5.41) is 4.33. The van der Waals surface area contributed by atoms with E-state index in [1.165, 1.54) is 0 Å². The molecular formula is C4H4F3N2. The van der Waals surface area contributed by atoms with Gasteiger partial charge in [0, 0.05) is 0 Å². The number of halogens is 3. The number of allylic oxidation sites excluding steroid dienone is 1. The first-order valence-corrected chi connectivity index (χ1v) is 2.27. The molecule has 2 nitrogen and oxygen atoms in total. The lowest BCUT2D eigenvalue weighted by Gasteiger charge is -2.05. The molecule has 1 rings (SSSR count). The van der Waals surface area contributed by atoms with Crippen LogP contribution in [0, 0.1) is 6.20 Å². The number of nitrogens with one attached hydrogen (secondary N) is 2. The van der Waals surface area contributed by atoms with E-state index >= 15 is 0 Å². The summed E-state index contributed by atoms with van der Waals surface area (Å²) < 4.78 is 34.7. The molecule has 0 unspecified atom stereocenters. The van der Waals surface area contributed by atoms with Gasteiger partial charge in [-0.3, -0.25) is 0 Å². The van der Waals surface area contributed by atoms with E-state index in [1.807, 2.05) is 6.20 Å². The van der Waals surface area contributed by atoms with E-state index in [0.717, 1.165) is 0 Å². The quantitative estimate of drug-likeness (QED) is 0.503. The molecule has 5 heteroatoms. The fourth-order valence-corrected chi connectivity index (χ4v) is 0.480. The van der Waals surface area contributed by atoms with Gasteiger partial charge in [0.2, 0.25) is 0 Å². The van der Waals surface area contributed by atoms with Crippen molar-refractivity contribution in [1.29, 1.82) is 0 Å². The number of hydrogen-bond donors (Lipinski definition) is 2. The molecule has 0 atom stereocenters. The second-order valence-electron chi connectivity index (χ2n) is 1.53. The summed E-state index contributed by atoms with van der Waals surface area (Å²) in [5.74, 6) is 0.